The van der Waals surface area contributed by atoms with Gasteiger partial charge in [0.25, 0.3) is 5.91 Å². The summed E-state index contributed by atoms with van der Waals surface area (Å²) in [5, 5.41) is 0. The zero-order valence-corrected chi connectivity index (χ0v) is 17.3. The molecule has 2 aliphatic rings. The molecule has 1 saturated carbocycles. The Hall–Kier alpha value is -3.34. The first-order valence-corrected chi connectivity index (χ1v) is 10.6. The van der Waals surface area contributed by atoms with E-state index >= 15 is 0 Å². The lowest BCUT2D eigenvalue weighted by Gasteiger charge is -2.21. The molecule has 0 radical (unpaired) electrons. The standard InChI is InChI=1S/C21H16F3N5O2S/c22-21(23,24)32-15-3-1-14(2-4-15)29-18(30)20(6-7-20)28(19(29)31)12-13-5-8-25-16(11-13)17-26-9-10-27-17/h1-5,8-11H,6-7,12H2,(H,26,27). The van der Waals surface area contributed by atoms with Crippen LogP contribution in [-0.2, 0) is 11.3 Å². The zero-order chi connectivity index (χ0) is 22.5. The number of aromatic nitrogens is 3. The molecule has 7 nitrogen and oxygen atoms in total. The van der Waals surface area contributed by atoms with E-state index in [2.05, 4.69) is 15.0 Å². The maximum Gasteiger partial charge on any atom is 0.446 e. The Morgan fingerprint density at radius 2 is 1.81 bits per heavy atom. The number of pyridine rings is 1. The molecule has 1 aliphatic heterocycles. The number of thioether (sulfide) groups is 1. The molecule has 0 atom stereocenters. The summed E-state index contributed by atoms with van der Waals surface area (Å²) in [6.07, 6.45) is 6.01. The van der Waals surface area contributed by atoms with Crippen LogP contribution in [0.2, 0.25) is 0 Å². The van der Waals surface area contributed by atoms with Gasteiger partial charge in [0.1, 0.15) is 11.2 Å². The van der Waals surface area contributed by atoms with Crippen molar-refractivity contribution in [1.82, 2.24) is 19.9 Å². The summed E-state index contributed by atoms with van der Waals surface area (Å²) >= 11 is -0.244. The van der Waals surface area contributed by atoms with Gasteiger partial charge in [-0.2, -0.15) is 13.2 Å². The molecule has 1 spiro atoms. The molecular weight excluding hydrogens is 443 g/mol. The Bertz CT molecular complexity index is 1180. The van der Waals surface area contributed by atoms with Crippen LogP contribution in [0.1, 0.15) is 18.4 Å². The summed E-state index contributed by atoms with van der Waals surface area (Å²) in [6, 6.07) is 8.34. The summed E-state index contributed by atoms with van der Waals surface area (Å²) in [4.78, 5) is 40.4. The normalized spacial score (nSPS) is 17.5. The van der Waals surface area contributed by atoms with Gasteiger partial charge in [-0.25, -0.2) is 14.7 Å². The van der Waals surface area contributed by atoms with E-state index in [1.165, 1.54) is 29.2 Å². The number of aromatic amines is 1. The molecule has 1 saturated heterocycles. The molecule has 2 aromatic heterocycles. The van der Waals surface area contributed by atoms with Crippen molar-refractivity contribution in [2.24, 2.45) is 0 Å². The number of alkyl halides is 3. The number of nitrogens with zero attached hydrogens (tertiary/aromatic N) is 4. The van der Waals surface area contributed by atoms with E-state index in [0.717, 1.165) is 10.5 Å². The number of imide groups is 1. The van der Waals surface area contributed by atoms with Crippen LogP contribution in [0.25, 0.3) is 11.5 Å². The number of halogens is 3. The van der Waals surface area contributed by atoms with Gasteiger partial charge in [0.05, 0.1) is 5.69 Å². The third-order valence-electron chi connectivity index (χ3n) is 5.50. The van der Waals surface area contributed by atoms with Gasteiger partial charge in [0.15, 0.2) is 5.82 Å². The summed E-state index contributed by atoms with van der Waals surface area (Å²) in [5.41, 5.74) is -3.65. The fourth-order valence-corrected chi connectivity index (χ4v) is 4.39. The molecule has 3 amide bonds. The second-order valence-electron chi connectivity index (χ2n) is 7.57. The molecular formula is C21H16F3N5O2S. The number of H-pyrrole nitrogens is 1. The predicted octanol–water partition coefficient (Wildman–Crippen LogP) is 4.59. The van der Waals surface area contributed by atoms with Gasteiger partial charge >= 0.3 is 11.5 Å². The van der Waals surface area contributed by atoms with Crippen LogP contribution in [0.5, 0.6) is 0 Å². The molecule has 164 valence electrons. The minimum Gasteiger partial charge on any atom is -0.343 e. The van der Waals surface area contributed by atoms with Crippen molar-refractivity contribution in [2.45, 2.75) is 35.3 Å². The maximum atomic E-state index is 13.2. The monoisotopic (exact) mass is 459 g/mol. The number of hydrogen-bond donors (Lipinski definition) is 1. The molecule has 1 N–H and O–H groups in total. The van der Waals surface area contributed by atoms with E-state index < -0.39 is 17.1 Å². The van der Waals surface area contributed by atoms with E-state index in [1.54, 1.807) is 30.7 Å². The zero-order valence-electron chi connectivity index (χ0n) is 16.5. The van der Waals surface area contributed by atoms with Gasteiger partial charge in [-0.1, -0.05) is 0 Å². The Labute approximate surface area is 184 Å². The number of hydrogen-bond acceptors (Lipinski definition) is 5. The third-order valence-corrected chi connectivity index (χ3v) is 6.24. The molecule has 11 heteroatoms. The van der Waals surface area contributed by atoms with Gasteiger partial charge in [-0.05, 0) is 66.6 Å². The van der Waals surface area contributed by atoms with Crippen molar-refractivity contribution in [2.75, 3.05) is 4.90 Å². The van der Waals surface area contributed by atoms with Crippen molar-refractivity contribution in [3.63, 3.8) is 0 Å². The Morgan fingerprint density at radius 3 is 2.44 bits per heavy atom. The number of anilines is 1. The van der Waals surface area contributed by atoms with E-state index in [1.807, 2.05) is 0 Å². The molecule has 0 unspecified atom stereocenters. The molecule has 0 bridgehead atoms. The smallest absolute Gasteiger partial charge is 0.343 e. The lowest BCUT2D eigenvalue weighted by atomic mass is 10.1. The topological polar surface area (TPSA) is 82.2 Å². The maximum absolute atomic E-state index is 13.2. The van der Waals surface area contributed by atoms with Crippen LogP contribution in [0, 0.1) is 0 Å². The number of benzene rings is 1. The first kappa shape index (κ1) is 20.6. The van der Waals surface area contributed by atoms with Gasteiger partial charge < -0.3 is 9.88 Å². The first-order valence-electron chi connectivity index (χ1n) is 9.73. The summed E-state index contributed by atoms with van der Waals surface area (Å²) in [7, 11) is 0. The van der Waals surface area contributed by atoms with Crippen LogP contribution in [0.4, 0.5) is 23.7 Å². The van der Waals surface area contributed by atoms with Crippen LogP contribution in [0.15, 0.2) is 59.9 Å². The Balaban J connectivity index is 1.39. The molecule has 5 rings (SSSR count). The minimum atomic E-state index is -4.41. The predicted molar refractivity (Wildman–Crippen MR) is 111 cm³/mol. The number of carbonyl (C=O) groups is 2. The van der Waals surface area contributed by atoms with Crippen LogP contribution in [-0.4, -0.2) is 42.8 Å². The molecule has 1 aliphatic carbocycles. The van der Waals surface area contributed by atoms with Crippen molar-refractivity contribution in [1.29, 1.82) is 0 Å². The molecule has 1 aromatic carbocycles. The highest BCUT2D eigenvalue weighted by Crippen LogP contribution is 2.50. The van der Waals surface area contributed by atoms with Crippen molar-refractivity contribution in [3.8, 4) is 11.5 Å². The number of imidazole rings is 1. The highest BCUT2D eigenvalue weighted by Gasteiger charge is 2.65. The minimum absolute atomic E-state index is 0.0134. The van der Waals surface area contributed by atoms with E-state index in [-0.39, 0.29) is 34.8 Å². The highest BCUT2D eigenvalue weighted by atomic mass is 32.2. The number of amides is 3. The van der Waals surface area contributed by atoms with Crippen molar-refractivity contribution >= 4 is 29.4 Å². The SMILES string of the molecule is O=C1N(c2ccc(SC(F)(F)F)cc2)C(=O)C2(CC2)N1Cc1ccnc(-c2ncc[nH]2)c1. The quantitative estimate of drug-likeness (QED) is 0.446. The second-order valence-corrected chi connectivity index (χ2v) is 8.71. The van der Waals surface area contributed by atoms with Crippen LogP contribution < -0.4 is 4.90 Å². The van der Waals surface area contributed by atoms with Crippen LogP contribution in [0.3, 0.4) is 0 Å². The fourth-order valence-electron chi connectivity index (χ4n) is 3.85. The second kappa shape index (κ2) is 7.37. The number of carbonyl (C=O) groups excluding carboxylic acids is 2. The summed E-state index contributed by atoms with van der Waals surface area (Å²) < 4.78 is 37.7. The van der Waals surface area contributed by atoms with E-state index in [4.69, 9.17) is 0 Å². The molecule has 3 heterocycles. The number of urea groups is 1. The van der Waals surface area contributed by atoms with Crippen molar-refractivity contribution in [3.05, 3.63) is 60.6 Å². The van der Waals surface area contributed by atoms with Gasteiger partial charge in [0, 0.05) is 30.0 Å². The van der Waals surface area contributed by atoms with E-state index in [0.29, 0.717) is 24.4 Å². The van der Waals surface area contributed by atoms with Gasteiger partial charge in [0.2, 0.25) is 0 Å². The average molecular weight is 459 g/mol. The summed E-state index contributed by atoms with van der Waals surface area (Å²) in [6.45, 7) is 0.208. The third kappa shape index (κ3) is 3.62. The first-order chi connectivity index (χ1) is 15.3. The van der Waals surface area contributed by atoms with E-state index in [9.17, 15) is 22.8 Å². The fraction of sp³-hybridized carbons (Fsp3) is 0.238. The highest BCUT2D eigenvalue weighted by molar-refractivity contribution is 8.00. The molecule has 3 aromatic rings. The van der Waals surface area contributed by atoms with Crippen LogP contribution >= 0.6 is 11.8 Å². The Kier molecular flexibility index (Phi) is 4.73. The largest absolute Gasteiger partial charge is 0.446 e. The lowest BCUT2D eigenvalue weighted by molar-refractivity contribution is -0.120. The number of nitrogens with one attached hydrogen (secondary N) is 1. The average Bonchev–Trinajstić information content (AvgIpc) is 3.31. The van der Waals surface area contributed by atoms with Crippen molar-refractivity contribution < 1.29 is 22.8 Å². The Morgan fingerprint density at radius 1 is 1.06 bits per heavy atom. The van der Waals surface area contributed by atoms with Gasteiger partial charge in [-0.3, -0.25) is 9.78 Å². The van der Waals surface area contributed by atoms with Gasteiger partial charge in [-0.15, -0.1) is 0 Å². The summed E-state index contributed by atoms with van der Waals surface area (Å²) in [5.74, 6) is 0.245. The lowest BCUT2D eigenvalue weighted by Crippen LogP contribution is -2.36. The number of rotatable bonds is 5. The molecule has 32 heavy (non-hydrogen) atoms. The molecule has 2 fully saturated rings.